The van der Waals surface area contributed by atoms with E-state index in [1.807, 2.05) is 60.7 Å². The van der Waals surface area contributed by atoms with E-state index < -0.39 is 17.4 Å². The Bertz CT molecular complexity index is 713. The van der Waals surface area contributed by atoms with Crippen LogP contribution in [0.25, 0.3) is 0 Å². The molecule has 0 spiro atoms. The zero-order valence-corrected chi connectivity index (χ0v) is 16.0. The number of hydrogen-bond acceptors (Lipinski definition) is 5. The number of primary amides is 1. The van der Waals surface area contributed by atoms with Crippen molar-refractivity contribution in [1.82, 2.24) is 5.32 Å². The molecule has 0 unspecified atom stereocenters. The number of aliphatic hydroxyl groups is 1. The van der Waals surface area contributed by atoms with Gasteiger partial charge < -0.3 is 16.6 Å². The van der Waals surface area contributed by atoms with Crippen molar-refractivity contribution in [3.8, 4) is 0 Å². The van der Waals surface area contributed by atoms with Crippen molar-refractivity contribution in [3.05, 3.63) is 71.8 Å². The van der Waals surface area contributed by atoms with Crippen molar-refractivity contribution in [2.75, 3.05) is 19.7 Å². The van der Waals surface area contributed by atoms with Crippen molar-refractivity contribution in [2.24, 2.45) is 11.5 Å². The summed E-state index contributed by atoms with van der Waals surface area (Å²) in [6, 6.07) is 18.7. The van der Waals surface area contributed by atoms with Crippen molar-refractivity contribution < 1.29 is 14.7 Å². The lowest BCUT2D eigenvalue weighted by Gasteiger charge is -2.34. The molecule has 0 saturated carbocycles. The summed E-state index contributed by atoms with van der Waals surface area (Å²) in [5.41, 5.74) is 11.5. The summed E-state index contributed by atoms with van der Waals surface area (Å²) < 4.78 is 0. The number of amides is 1. The second-order valence-corrected chi connectivity index (χ2v) is 6.78. The molecule has 0 bridgehead atoms. The van der Waals surface area contributed by atoms with Crippen LogP contribution in [-0.2, 0) is 9.59 Å². The number of carbonyl (C=O) groups is 2. The fourth-order valence-corrected chi connectivity index (χ4v) is 3.41. The van der Waals surface area contributed by atoms with Gasteiger partial charge in [0.1, 0.15) is 0 Å². The summed E-state index contributed by atoms with van der Waals surface area (Å²) in [6.07, 6.45) is 1.09. The highest BCUT2D eigenvalue weighted by molar-refractivity contribution is 6.13. The quantitative estimate of drug-likeness (QED) is 0.326. The van der Waals surface area contributed by atoms with Crippen molar-refractivity contribution >= 4 is 11.7 Å². The number of aliphatic hydroxyl groups excluding tert-OH is 1. The van der Waals surface area contributed by atoms with Crippen molar-refractivity contribution in [3.63, 3.8) is 0 Å². The third-order valence-electron chi connectivity index (χ3n) is 4.89. The third-order valence-corrected chi connectivity index (χ3v) is 4.89. The van der Waals surface area contributed by atoms with E-state index in [-0.39, 0.29) is 18.8 Å². The molecule has 0 aliphatic carbocycles. The average molecular weight is 383 g/mol. The second-order valence-electron chi connectivity index (χ2n) is 6.78. The predicted molar refractivity (Wildman–Crippen MR) is 110 cm³/mol. The van der Waals surface area contributed by atoms with Crippen LogP contribution in [0.4, 0.5) is 0 Å². The molecule has 2 rings (SSSR count). The lowest BCUT2D eigenvalue weighted by atomic mass is 9.75. The molecule has 0 heterocycles. The zero-order chi connectivity index (χ0) is 20.4. The van der Waals surface area contributed by atoms with Crippen LogP contribution < -0.4 is 16.8 Å². The molecule has 1 atom stereocenters. The predicted octanol–water partition coefficient (Wildman–Crippen LogP) is 1.32. The molecule has 28 heavy (non-hydrogen) atoms. The Morgan fingerprint density at radius 2 is 1.50 bits per heavy atom. The van der Waals surface area contributed by atoms with Gasteiger partial charge in [-0.3, -0.25) is 14.9 Å². The molecule has 6 heteroatoms. The topological polar surface area (TPSA) is 118 Å². The monoisotopic (exact) mass is 383 g/mol. The molecular weight excluding hydrogens is 354 g/mol. The van der Waals surface area contributed by atoms with Crippen LogP contribution in [0.3, 0.4) is 0 Å². The van der Waals surface area contributed by atoms with Gasteiger partial charge in [-0.25, -0.2) is 0 Å². The Kier molecular flexibility index (Phi) is 8.32. The van der Waals surface area contributed by atoms with E-state index in [9.17, 15) is 9.59 Å². The smallest absolute Gasteiger partial charge is 0.245 e. The average Bonchev–Trinajstić information content (AvgIpc) is 2.72. The molecule has 2 aromatic carbocycles. The number of nitrogens with one attached hydrogen (secondary N) is 1. The first-order chi connectivity index (χ1) is 13.6. The summed E-state index contributed by atoms with van der Waals surface area (Å²) in [5, 5.41) is 12.2. The number of hydrogen-bond donors (Lipinski definition) is 4. The van der Waals surface area contributed by atoms with Crippen molar-refractivity contribution in [1.29, 1.82) is 0 Å². The summed E-state index contributed by atoms with van der Waals surface area (Å²) in [4.78, 5) is 26.4. The Balaban J connectivity index is 2.53. The highest BCUT2D eigenvalue weighted by Crippen LogP contribution is 2.31. The summed E-state index contributed by atoms with van der Waals surface area (Å²) in [6.45, 7) is 0.588. The van der Waals surface area contributed by atoms with E-state index in [2.05, 4.69) is 5.32 Å². The summed E-state index contributed by atoms with van der Waals surface area (Å²) in [5.74, 6) is -1.67. The minimum atomic E-state index is -1.55. The van der Waals surface area contributed by atoms with Crippen LogP contribution in [0.1, 0.15) is 36.3 Å². The van der Waals surface area contributed by atoms with E-state index in [0.717, 1.165) is 11.1 Å². The number of benzene rings is 2. The van der Waals surface area contributed by atoms with E-state index in [1.165, 1.54) is 0 Å². The number of Topliss-reactive ketones (excluding diaryl/α,β-unsaturated/α-hetero) is 1. The zero-order valence-electron chi connectivity index (χ0n) is 16.0. The van der Waals surface area contributed by atoms with Gasteiger partial charge in [0.25, 0.3) is 0 Å². The maximum atomic E-state index is 13.8. The van der Waals surface area contributed by atoms with E-state index in [4.69, 9.17) is 16.6 Å². The van der Waals surface area contributed by atoms with Gasteiger partial charge in [0.2, 0.25) is 5.91 Å². The SMILES string of the molecule is NCCC[C@](NCCCO)(C(N)=O)C(=O)C(c1ccccc1)c1ccccc1. The number of rotatable bonds is 12. The molecule has 6 N–H and O–H groups in total. The van der Waals surface area contributed by atoms with Crippen LogP contribution in [0.15, 0.2) is 60.7 Å². The van der Waals surface area contributed by atoms with E-state index in [1.54, 1.807) is 0 Å². The molecule has 0 aliphatic rings. The Labute approximate surface area is 165 Å². The lowest BCUT2D eigenvalue weighted by Crippen LogP contribution is -2.62. The van der Waals surface area contributed by atoms with Crippen LogP contribution in [0.2, 0.25) is 0 Å². The fraction of sp³-hybridized carbons (Fsp3) is 0.364. The Morgan fingerprint density at radius 3 is 1.93 bits per heavy atom. The standard InChI is InChI=1S/C22H29N3O3/c23-14-7-13-22(21(24)28,25-15-8-16-26)20(27)19(17-9-3-1-4-10-17)18-11-5-2-6-12-18/h1-6,9-12,19,25-26H,7-8,13-16,23H2,(H2,24,28)/t22-/m1/s1. The third kappa shape index (κ3) is 5.04. The minimum Gasteiger partial charge on any atom is -0.396 e. The fourth-order valence-electron chi connectivity index (χ4n) is 3.41. The number of ketones is 1. The summed E-state index contributed by atoms with van der Waals surface area (Å²) in [7, 11) is 0. The molecule has 0 saturated heterocycles. The van der Waals surface area contributed by atoms with Crippen LogP contribution in [0.5, 0.6) is 0 Å². The minimum absolute atomic E-state index is 0.0479. The van der Waals surface area contributed by atoms with Crippen molar-refractivity contribution in [2.45, 2.75) is 30.7 Å². The van der Waals surface area contributed by atoms with E-state index in [0.29, 0.717) is 25.9 Å². The molecule has 150 valence electrons. The van der Waals surface area contributed by atoms with E-state index >= 15 is 0 Å². The molecule has 0 radical (unpaired) electrons. The Hall–Kier alpha value is -2.54. The molecule has 0 aliphatic heterocycles. The lowest BCUT2D eigenvalue weighted by molar-refractivity contribution is -0.136. The maximum Gasteiger partial charge on any atom is 0.245 e. The molecule has 6 nitrogen and oxygen atoms in total. The molecular formula is C22H29N3O3. The van der Waals surface area contributed by atoms with Gasteiger partial charge in [0.05, 0.1) is 5.92 Å². The van der Waals surface area contributed by atoms with Gasteiger partial charge in [0.15, 0.2) is 11.3 Å². The molecule has 1 amide bonds. The van der Waals surface area contributed by atoms with Gasteiger partial charge in [0, 0.05) is 6.61 Å². The van der Waals surface area contributed by atoms with Crippen LogP contribution in [-0.4, -0.2) is 42.0 Å². The van der Waals surface area contributed by atoms with Gasteiger partial charge >= 0.3 is 0 Å². The molecule has 2 aromatic rings. The maximum absolute atomic E-state index is 13.8. The Morgan fingerprint density at radius 1 is 0.964 bits per heavy atom. The van der Waals surface area contributed by atoms with Gasteiger partial charge in [-0.15, -0.1) is 0 Å². The largest absolute Gasteiger partial charge is 0.396 e. The van der Waals surface area contributed by atoms with Gasteiger partial charge in [-0.2, -0.15) is 0 Å². The first-order valence-electron chi connectivity index (χ1n) is 9.57. The van der Waals surface area contributed by atoms with Crippen LogP contribution >= 0.6 is 0 Å². The van der Waals surface area contributed by atoms with Crippen LogP contribution in [0, 0.1) is 0 Å². The highest BCUT2D eigenvalue weighted by atomic mass is 16.3. The molecule has 0 aromatic heterocycles. The first kappa shape index (κ1) is 21.8. The van der Waals surface area contributed by atoms with Gasteiger partial charge in [-0.05, 0) is 43.5 Å². The first-order valence-corrected chi connectivity index (χ1v) is 9.57. The number of nitrogens with two attached hydrogens (primary N) is 2. The normalized spacial score (nSPS) is 13.2. The highest BCUT2D eigenvalue weighted by Gasteiger charge is 2.46. The van der Waals surface area contributed by atoms with Gasteiger partial charge in [-0.1, -0.05) is 60.7 Å². The number of carbonyl (C=O) groups excluding carboxylic acids is 2. The second kappa shape index (κ2) is 10.7. The molecule has 0 fully saturated rings. The summed E-state index contributed by atoms with van der Waals surface area (Å²) >= 11 is 0.